The highest BCUT2D eigenvalue weighted by molar-refractivity contribution is 5.83. The van der Waals surface area contributed by atoms with Crippen LogP contribution in [0.2, 0.25) is 0 Å². The van der Waals surface area contributed by atoms with E-state index < -0.39 is 0 Å². The Balaban J connectivity index is 1.59. The summed E-state index contributed by atoms with van der Waals surface area (Å²) < 4.78 is 16.4. The molecule has 5 rings (SSSR count). The Labute approximate surface area is 170 Å². The van der Waals surface area contributed by atoms with E-state index in [1.807, 2.05) is 37.3 Å². The molecule has 0 atom stereocenters. The molecule has 0 amide bonds. The van der Waals surface area contributed by atoms with E-state index in [9.17, 15) is 9.18 Å². The molecule has 0 fully saturated rings. The van der Waals surface area contributed by atoms with E-state index in [2.05, 4.69) is 20.3 Å². The van der Waals surface area contributed by atoms with Gasteiger partial charge in [0.25, 0.3) is 5.56 Å². The Morgan fingerprint density at radius 1 is 0.967 bits per heavy atom. The summed E-state index contributed by atoms with van der Waals surface area (Å²) in [4.78, 5) is 17.4. The van der Waals surface area contributed by atoms with Gasteiger partial charge in [-0.2, -0.15) is 9.61 Å². The molecule has 2 aromatic carbocycles. The summed E-state index contributed by atoms with van der Waals surface area (Å²) in [6.07, 6.45) is 2.22. The summed E-state index contributed by atoms with van der Waals surface area (Å²) in [5, 5.41) is 12.9. The Morgan fingerprint density at radius 3 is 2.50 bits per heavy atom. The molecule has 8 heteroatoms. The van der Waals surface area contributed by atoms with Gasteiger partial charge in [-0.3, -0.25) is 9.36 Å². The fourth-order valence-electron chi connectivity index (χ4n) is 3.57. The van der Waals surface area contributed by atoms with Crippen LogP contribution in [-0.2, 0) is 13.0 Å². The Kier molecular flexibility index (Phi) is 4.31. The van der Waals surface area contributed by atoms with E-state index in [4.69, 9.17) is 0 Å². The van der Waals surface area contributed by atoms with E-state index in [1.54, 1.807) is 12.1 Å². The SMILES string of the molecule is Cc1nn2c(nnc3c(=O)n(CCc4ccccc4)cnc32)c1-c1ccc(F)cc1. The van der Waals surface area contributed by atoms with Gasteiger partial charge in [-0.05, 0) is 36.6 Å². The minimum atomic E-state index is -0.317. The van der Waals surface area contributed by atoms with Gasteiger partial charge in [0.2, 0.25) is 0 Å². The van der Waals surface area contributed by atoms with Crippen LogP contribution in [0.1, 0.15) is 11.3 Å². The number of aromatic nitrogens is 6. The molecule has 0 spiro atoms. The predicted octanol–water partition coefficient (Wildman–Crippen LogP) is 3.19. The van der Waals surface area contributed by atoms with Crippen LogP contribution in [0.4, 0.5) is 4.39 Å². The fourth-order valence-corrected chi connectivity index (χ4v) is 3.57. The average Bonchev–Trinajstić information content (AvgIpc) is 3.11. The van der Waals surface area contributed by atoms with E-state index >= 15 is 0 Å². The number of hydrogen-bond donors (Lipinski definition) is 0. The molecule has 0 aliphatic carbocycles. The van der Waals surface area contributed by atoms with E-state index in [0.717, 1.165) is 16.7 Å². The first-order valence-corrected chi connectivity index (χ1v) is 9.53. The number of aryl methyl sites for hydroxylation is 3. The molecular weight excluding hydrogens is 383 g/mol. The third-order valence-corrected chi connectivity index (χ3v) is 5.09. The number of rotatable bonds is 4. The van der Waals surface area contributed by atoms with E-state index in [1.165, 1.54) is 27.5 Å². The predicted molar refractivity (Wildman–Crippen MR) is 111 cm³/mol. The molecule has 0 N–H and O–H groups in total. The normalized spacial score (nSPS) is 11.4. The van der Waals surface area contributed by atoms with Crippen LogP contribution < -0.4 is 5.56 Å². The summed E-state index contributed by atoms with van der Waals surface area (Å²) in [6, 6.07) is 16.0. The van der Waals surface area contributed by atoms with Crippen LogP contribution in [0.15, 0.2) is 65.7 Å². The molecule has 7 nitrogen and oxygen atoms in total. The third kappa shape index (κ3) is 3.02. The molecule has 0 aliphatic rings. The van der Waals surface area contributed by atoms with Crippen molar-refractivity contribution in [3.8, 4) is 11.1 Å². The largest absolute Gasteiger partial charge is 0.297 e. The van der Waals surface area contributed by atoms with Crippen LogP contribution in [0.3, 0.4) is 0 Å². The second-order valence-electron chi connectivity index (χ2n) is 7.05. The first-order valence-electron chi connectivity index (χ1n) is 9.53. The number of hydrogen-bond acceptors (Lipinski definition) is 5. The van der Waals surface area contributed by atoms with E-state index in [0.29, 0.717) is 30.0 Å². The molecule has 30 heavy (non-hydrogen) atoms. The van der Waals surface area contributed by atoms with Crippen molar-refractivity contribution < 1.29 is 4.39 Å². The highest BCUT2D eigenvalue weighted by atomic mass is 19.1. The van der Waals surface area contributed by atoms with Crippen molar-refractivity contribution in [1.82, 2.24) is 29.4 Å². The van der Waals surface area contributed by atoms with E-state index in [-0.39, 0.29) is 16.9 Å². The van der Waals surface area contributed by atoms with Crippen LogP contribution in [0.25, 0.3) is 27.9 Å². The maximum atomic E-state index is 13.3. The molecule has 0 aliphatic heterocycles. The van der Waals surface area contributed by atoms with Gasteiger partial charge in [-0.1, -0.05) is 42.5 Å². The highest BCUT2D eigenvalue weighted by Crippen LogP contribution is 2.27. The zero-order chi connectivity index (χ0) is 20.7. The molecule has 0 radical (unpaired) electrons. The Morgan fingerprint density at radius 2 is 1.73 bits per heavy atom. The van der Waals surface area contributed by atoms with Gasteiger partial charge in [0.15, 0.2) is 16.8 Å². The summed E-state index contributed by atoms with van der Waals surface area (Å²) in [5.41, 5.74) is 4.05. The van der Waals surface area contributed by atoms with Crippen molar-refractivity contribution in [3.63, 3.8) is 0 Å². The fraction of sp³-hybridized carbons (Fsp3) is 0.136. The van der Waals surface area contributed by atoms with Crippen LogP contribution in [-0.4, -0.2) is 29.4 Å². The zero-order valence-corrected chi connectivity index (χ0v) is 16.2. The lowest BCUT2D eigenvalue weighted by Gasteiger charge is -2.07. The number of nitrogens with zero attached hydrogens (tertiary/aromatic N) is 6. The smallest absolute Gasteiger partial charge is 0.283 e. The van der Waals surface area contributed by atoms with Gasteiger partial charge in [0.05, 0.1) is 11.3 Å². The lowest BCUT2D eigenvalue weighted by molar-refractivity contribution is 0.628. The van der Waals surface area contributed by atoms with Gasteiger partial charge < -0.3 is 0 Å². The summed E-state index contributed by atoms with van der Waals surface area (Å²) >= 11 is 0. The average molecular weight is 400 g/mol. The van der Waals surface area contributed by atoms with Crippen LogP contribution in [0, 0.1) is 12.7 Å². The highest BCUT2D eigenvalue weighted by Gasteiger charge is 2.18. The lowest BCUT2D eigenvalue weighted by atomic mass is 10.1. The van der Waals surface area contributed by atoms with Crippen molar-refractivity contribution in [2.75, 3.05) is 0 Å². The third-order valence-electron chi connectivity index (χ3n) is 5.09. The summed E-state index contributed by atoms with van der Waals surface area (Å²) in [6.45, 7) is 2.32. The van der Waals surface area contributed by atoms with Gasteiger partial charge in [-0.15, -0.1) is 10.2 Å². The minimum absolute atomic E-state index is 0.159. The first-order chi connectivity index (χ1) is 14.6. The van der Waals surface area contributed by atoms with Crippen molar-refractivity contribution >= 4 is 16.8 Å². The second kappa shape index (κ2) is 7.14. The van der Waals surface area contributed by atoms with Crippen molar-refractivity contribution in [2.24, 2.45) is 0 Å². The van der Waals surface area contributed by atoms with Crippen molar-refractivity contribution in [1.29, 1.82) is 0 Å². The number of fused-ring (bicyclic) bond motifs is 3. The quantitative estimate of drug-likeness (QED) is 0.463. The molecular formula is C22H17FN6O. The maximum absolute atomic E-state index is 13.3. The molecule has 0 saturated carbocycles. The van der Waals surface area contributed by atoms with Crippen LogP contribution in [0.5, 0.6) is 0 Å². The second-order valence-corrected chi connectivity index (χ2v) is 7.05. The van der Waals surface area contributed by atoms with Gasteiger partial charge in [0, 0.05) is 6.54 Å². The maximum Gasteiger partial charge on any atom is 0.283 e. The topological polar surface area (TPSA) is 78.0 Å². The van der Waals surface area contributed by atoms with Gasteiger partial charge >= 0.3 is 0 Å². The number of benzene rings is 2. The molecule has 0 bridgehead atoms. The minimum Gasteiger partial charge on any atom is -0.297 e. The molecule has 5 aromatic rings. The van der Waals surface area contributed by atoms with Gasteiger partial charge in [-0.25, -0.2) is 9.37 Å². The molecule has 3 aromatic heterocycles. The van der Waals surface area contributed by atoms with Crippen LogP contribution >= 0.6 is 0 Å². The molecule has 0 saturated heterocycles. The van der Waals surface area contributed by atoms with Crippen molar-refractivity contribution in [3.05, 3.63) is 88.4 Å². The molecule has 3 heterocycles. The molecule has 0 unspecified atom stereocenters. The van der Waals surface area contributed by atoms with Gasteiger partial charge in [0.1, 0.15) is 12.1 Å². The number of halogens is 1. The van der Waals surface area contributed by atoms with Crippen molar-refractivity contribution in [2.45, 2.75) is 19.9 Å². The standard InChI is InChI=1S/C22H17FN6O/c1-14-18(16-7-9-17(23)10-8-16)20-26-25-19-21(29(20)27-14)24-13-28(22(19)30)12-11-15-5-3-2-4-6-15/h2-10,13H,11-12H2,1H3. The Hall–Kier alpha value is -3.94. The Bertz CT molecular complexity index is 1420. The summed E-state index contributed by atoms with van der Waals surface area (Å²) in [7, 11) is 0. The summed E-state index contributed by atoms with van der Waals surface area (Å²) in [5.74, 6) is -0.317. The lowest BCUT2D eigenvalue weighted by Crippen LogP contribution is -2.23. The zero-order valence-electron chi connectivity index (χ0n) is 16.2. The first kappa shape index (κ1) is 18.1. The molecule has 148 valence electrons. The monoisotopic (exact) mass is 400 g/mol.